The number of aldehydes is 1. The topological polar surface area (TPSA) is 44.1 Å². The Labute approximate surface area is 119 Å². The van der Waals surface area contributed by atoms with E-state index in [-0.39, 0.29) is 0 Å². The third-order valence-electron chi connectivity index (χ3n) is 3.42. The number of rotatable bonds is 4. The highest BCUT2D eigenvalue weighted by Gasteiger charge is 2.16. The van der Waals surface area contributed by atoms with Crippen LogP contribution in [0.2, 0.25) is 0 Å². The summed E-state index contributed by atoms with van der Waals surface area (Å²) < 4.78 is 7.54. The molecule has 0 saturated heterocycles. The van der Waals surface area contributed by atoms with Crippen molar-refractivity contribution in [3.8, 4) is 11.6 Å². The molecule has 1 heterocycles. The Hall–Kier alpha value is -2.10. The molecule has 0 atom stereocenters. The molecule has 2 aromatic rings. The van der Waals surface area contributed by atoms with E-state index in [9.17, 15) is 4.79 Å². The van der Waals surface area contributed by atoms with Crippen LogP contribution >= 0.6 is 0 Å². The van der Waals surface area contributed by atoms with Gasteiger partial charge in [0.25, 0.3) is 0 Å². The summed E-state index contributed by atoms with van der Waals surface area (Å²) in [7, 11) is 1.77. The van der Waals surface area contributed by atoms with Crippen LogP contribution in [0.3, 0.4) is 0 Å². The van der Waals surface area contributed by atoms with Crippen LogP contribution in [0.15, 0.2) is 18.2 Å². The normalized spacial score (nSPS) is 10.9. The van der Waals surface area contributed by atoms with Gasteiger partial charge in [0, 0.05) is 7.05 Å². The summed E-state index contributed by atoms with van der Waals surface area (Å²) in [6, 6.07) is 6.16. The molecule has 20 heavy (non-hydrogen) atoms. The Balaban J connectivity index is 2.44. The Morgan fingerprint density at radius 1 is 1.30 bits per heavy atom. The number of aryl methyl sites for hydroxylation is 3. The van der Waals surface area contributed by atoms with Crippen molar-refractivity contribution in [1.82, 2.24) is 9.78 Å². The zero-order valence-electron chi connectivity index (χ0n) is 12.6. The molecule has 0 aliphatic carbocycles. The second-order valence-corrected chi connectivity index (χ2v) is 5.33. The predicted molar refractivity (Wildman–Crippen MR) is 78.7 cm³/mol. The smallest absolute Gasteiger partial charge is 0.228 e. The van der Waals surface area contributed by atoms with E-state index in [0.29, 0.717) is 23.1 Å². The molecule has 0 spiro atoms. The fourth-order valence-electron chi connectivity index (χ4n) is 2.10. The van der Waals surface area contributed by atoms with E-state index in [1.807, 2.05) is 19.1 Å². The number of ether oxygens (including phenoxy) is 1. The summed E-state index contributed by atoms with van der Waals surface area (Å²) in [6.45, 7) is 8.07. The minimum Gasteiger partial charge on any atom is -0.438 e. The van der Waals surface area contributed by atoms with Gasteiger partial charge >= 0.3 is 0 Å². The summed E-state index contributed by atoms with van der Waals surface area (Å²) in [4.78, 5) is 11.2. The Morgan fingerprint density at radius 3 is 2.60 bits per heavy atom. The highest BCUT2D eigenvalue weighted by Crippen LogP contribution is 2.30. The van der Waals surface area contributed by atoms with Crippen molar-refractivity contribution in [1.29, 1.82) is 0 Å². The molecule has 0 saturated carbocycles. The Kier molecular flexibility index (Phi) is 3.93. The molecule has 0 bridgehead atoms. The van der Waals surface area contributed by atoms with Crippen LogP contribution in [0.1, 0.15) is 46.9 Å². The van der Waals surface area contributed by atoms with Crippen LogP contribution in [-0.2, 0) is 7.05 Å². The van der Waals surface area contributed by atoms with Gasteiger partial charge in [-0.25, -0.2) is 4.68 Å². The molecule has 4 heteroatoms. The number of benzene rings is 1. The average molecular weight is 272 g/mol. The van der Waals surface area contributed by atoms with Crippen molar-refractivity contribution in [2.24, 2.45) is 7.05 Å². The van der Waals surface area contributed by atoms with Gasteiger partial charge in [-0.1, -0.05) is 26.0 Å². The summed E-state index contributed by atoms with van der Waals surface area (Å²) in [5.41, 5.74) is 3.42. The first-order valence-electron chi connectivity index (χ1n) is 6.71. The first kappa shape index (κ1) is 14.3. The lowest BCUT2D eigenvalue weighted by atomic mass is 10.0. The summed E-state index contributed by atoms with van der Waals surface area (Å²) in [5, 5.41) is 4.23. The monoisotopic (exact) mass is 272 g/mol. The maximum absolute atomic E-state index is 11.2. The van der Waals surface area contributed by atoms with Gasteiger partial charge in [-0.15, -0.1) is 0 Å². The standard InChI is InChI=1S/C16H20N2O2/c1-10(2)13-7-6-11(3)15(8-13)20-16-14(9-19)12(4)17-18(16)5/h6-10H,1-5H3. The molecule has 1 aromatic carbocycles. The zero-order chi connectivity index (χ0) is 14.9. The number of carbonyl (C=O) groups excluding carboxylic acids is 1. The van der Waals surface area contributed by atoms with Crippen molar-refractivity contribution in [3.05, 3.63) is 40.6 Å². The Morgan fingerprint density at radius 2 is 2.00 bits per heavy atom. The highest BCUT2D eigenvalue weighted by atomic mass is 16.5. The van der Waals surface area contributed by atoms with Gasteiger partial charge in [-0.05, 0) is 37.0 Å². The van der Waals surface area contributed by atoms with E-state index in [1.54, 1.807) is 18.7 Å². The van der Waals surface area contributed by atoms with E-state index in [1.165, 1.54) is 5.56 Å². The quantitative estimate of drug-likeness (QED) is 0.796. The lowest BCUT2D eigenvalue weighted by Gasteiger charge is -2.13. The van der Waals surface area contributed by atoms with Crippen LogP contribution in [-0.4, -0.2) is 16.1 Å². The highest BCUT2D eigenvalue weighted by molar-refractivity contribution is 5.80. The number of nitrogens with zero attached hydrogens (tertiary/aromatic N) is 2. The van der Waals surface area contributed by atoms with E-state index >= 15 is 0 Å². The number of carbonyl (C=O) groups is 1. The first-order valence-corrected chi connectivity index (χ1v) is 6.71. The second-order valence-electron chi connectivity index (χ2n) is 5.33. The molecule has 0 radical (unpaired) electrons. The van der Waals surface area contributed by atoms with Crippen LogP contribution in [0.5, 0.6) is 11.6 Å². The van der Waals surface area contributed by atoms with Crippen LogP contribution < -0.4 is 4.74 Å². The van der Waals surface area contributed by atoms with Gasteiger partial charge in [0.15, 0.2) is 6.29 Å². The summed E-state index contributed by atoms with van der Waals surface area (Å²) in [6.07, 6.45) is 0.791. The SMILES string of the molecule is Cc1ccc(C(C)C)cc1Oc1c(C=O)c(C)nn1C. The molecule has 2 rings (SSSR count). The van der Waals surface area contributed by atoms with Gasteiger partial charge in [0.2, 0.25) is 5.88 Å². The minimum atomic E-state index is 0.428. The van der Waals surface area contributed by atoms with Crippen LogP contribution in [0.4, 0.5) is 0 Å². The zero-order valence-corrected chi connectivity index (χ0v) is 12.6. The van der Waals surface area contributed by atoms with E-state index < -0.39 is 0 Å². The van der Waals surface area contributed by atoms with Crippen molar-refractivity contribution in [2.45, 2.75) is 33.6 Å². The molecule has 0 aliphatic heterocycles. The van der Waals surface area contributed by atoms with Gasteiger partial charge in [0.05, 0.1) is 11.3 Å². The van der Waals surface area contributed by atoms with E-state index in [0.717, 1.165) is 17.6 Å². The lowest BCUT2D eigenvalue weighted by molar-refractivity contribution is 0.112. The Bertz CT molecular complexity index is 642. The molecule has 1 aromatic heterocycles. The summed E-state index contributed by atoms with van der Waals surface area (Å²) in [5.74, 6) is 1.68. The number of hydrogen-bond acceptors (Lipinski definition) is 3. The summed E-state index contributed by atoms with van der Waals surface area (Å²) >= 11 is 0. The van der Waals surface area contributed by atoms with Crippen molar-refractivity contribution in [3.63, 3.8) is 0 Å². The van der Waals surface area contributed by atoms with Crippen LogP contribution in [0, 0.1) is 13.8 Å². The lowest BCUT2D eigenvalue weighted by Crippen LogP contribution is -1.99. The molecule has 0 fully saturated rings. The van der Waals surface area contributed by atoms with E-state index in [4.69, 9.17) is 4.74 Å². The van der Waals surface area contributed by atoms with Crippen molar-refractivity contribution in [2.75, 3.05) is 0 Å². The molecule has 106 valence electrons. The third kappa shape index (κ3) is 2.59. The maximum Gasteiger partial charge on any atom is 0.228 e. The first-order chi connectivity index (χ1) is 9.43. The van der Waals surface area contributed by atoms with E-state index in [2.05, 4.69) is 25.0 Å². The molecular formula is C16H20N2O2. The fourth-order valence-corrected chi connectivity index (χ4v) is 2.10. The van der Waals surface area contributed by atoms with Crippen molar-refractivity contribution < 1.29 is 9.53 Å². The molecule has 0 unspecified atom stereocenters. The molecule has 0 amide bonds. The molecule has 0 N–H and O–H groups in total. The number of hydrogen-bond donors (Lipinski definition) is 0. The van der Waals surface area contributed by atoms with Gasteiger partial charge in [0.1, 0.15) is 5.75 Å². The number of aromatic nitrogens is 2. The third-order valence-corrected chi connectivity index (χ3v) is 3.42. The molecular weight excluding hydrogens is 252 g/mol. The van der Waals surface area contributed by atoms with Gasteiger partial charge < -0.3 is 4.74 Å². The molecule has 0 aliphatic rings. The second kappa shape index (κ2) is 5.49. The van der Waals surface area contributed by atoms with Crippen LogP contribution in [0.25, 0.3) is 0 Å². The van der Waals surface area contributed by atoms with Gasteiger partial charge in [-0.3, -0.25) is 4.79 Å². The maximum atomic E-state index is 11.2. The predicted octanol–water partition coefficient (Wildman–Crippen LogP) is 3.77. The van der Waals surface area contributed by atoms with Gasteiger partial charge in [-0.2, -0.15) is 5.10 Å². The average Bonchev–Trinajstić information content (AvgIpc) is 2.66. The fraction of sp³-hybridized carbons (Fsp3) is 0.375. The van der Waals surface area contributed by atoms with Crippen molar-refractivity contribution >= 4 is 6.29 Å². The molecule has 4 nitrogen and oxygen atoms in total. The largest absolute Gasteiger partial charge is 0.438 e. The minimum absolute atomic E-state index is 0.428.